The van der Waals surface area contributed by atoms with Crippen LogP contribution in [0.3, 0.4) is 0 Å². The number of nitrogens with zero attached hydrogens (tertiary/aromatic N) is 5. The van der Waals surface area contributed by atoms with E-state index in [1.54, 1.807) is 11.8 Å². The highest BCUT2D eigenvalue weighted by Gasteiger charge is 2.12. The zero-order valence-electron chi connectivity index (χ0n) is 14.7. The van der Waals surface area contributed by atoms with Gasteiger partial charge in [-0.1, -0.05) is 42.1 Å². The second kappa shape index (κ2) is 7.17. The first-order chi connectivity index (χ1) is 12.7. The molecule has 5 nitrogen and oxygen atoms in total. The molecule has 4 aromatic rings. The third-order valence-electron chi connectivity index (χ3n) is 4.08. The Bertz CT molecular complexity index is 1020. The number of para-hydroxylation sites is 1. The molecule has 0 amide bonds. The molecule has 0 bridgehead atoms. The number of hydrogen-bond donors (Lipinski definition) is 0. The molecule has 2 aromatic heterocycles. The van der Waals surface area contributed by atoms with Crippen LogP contribution >= 0.6 is 11.8 Å². The van der Waals surface area contributed by atoms with E-state index in [9.17, 15) is 0 Å². The van der Waals surface area contributed by atoms with Gasteiger partial charge in [0, 0.05) is 23.2 Å². The van der Waals surface area contributed by atoms with Crippen molar-refractivity contribution >= 4 is 11.8 Å². The largest absolute Gasteiger partial charge is 0.274 e. The van der Waals surface area contributed by atoms with Gasteiger partial charge in [0.2, 0.25) is 0 Å². The first-order valence-corrected chi connectivity index (χ1v) is 9.40. The van der Waals surface area contributed by atoms with Crippen LogP contribution < -0.4 is 0 Å². The summed E-state index contributed by atoms with van der Waals surface area (Å²) in [5.74, 6) is 1.68. The standard InChI is InChI=1S/C20H19N5S/c1-15-7-6-10-19(11-15)25-16(2)22-23-20(25)26-14-17-12-21-24(13-17)18-8-4-3-5-9-18/h3-13H,14H2,1-2H3. The van der Waals surface area contributed by atoms with E-state index in [0.717, 1.165) is 33.7 Å². The summed E-state index contributed by atoms with van der Waals surface area (Å²) in [5.41, 5.74) is 4.52. The molecule has 0 N–H and O–H groups in total. The molecule has 0 saturated carbocycles. The van der Waals surface area contributed by atoms with Gasteiger partial charge in [-0.2, -0.15) is 5.10 Å². The van der Waals surface area contributed by atoms with Crippen molar-refractivity contribution in [2.45, 2.75) is 24.8 Å². The number of aromatic nitrogens is 5. The Hall–Kier alpha value is -2.86. The monoisotopic (exact) mass is 361 g/mol. The van der Waals surface area contributed by atoms with Crippen LogP contribution in [0.1, 0.15) is 17.0 Å². The van der Waals surface area contributed by atoms with E-state index in [4.69, 9.17) is 0 Å². The van der Waals surface area contributed by atoms with E-state index in [1.807, 2.05) is 48.1 Å². The van der Waals surface area contributed by atoms with Crippen molar-refractivity contribution in [2.75, 3.05) is 0 Å². The van der Waals surface area contributed by atoms with Gasteiger partial charge >= 0.3 is 0 Å². The summed E-state index contributed by atoms with van der Waals surface area (Å²) in [6, 6.07) is 18.5. The Balaban J connectivity index is 1.54. The first-order valence-electron chi connectivity index (χ1n) is 8.41. The van der Waals surface area contributed by atoms with Gasteiger partial charge in [-0.25, -0.2) is 4.68 Å². The first kappa shape index (κ1) is 16.6. The van der Waals surface area contributed by atoms with Gasteiger partial charge in [-0.3, -0.25) is 4.57 Å². The van der Waals surface area contributed by atoms with E-state index in [2.05, 4.69) is 57.2 Å². The van der Waals surface area contributed by atoms with Crippen LogP contribution in [-0.4, -0.2) is 24.5 Å². The van der Waals surface area contributed by atoms with Crippen molar-refractivity contribution in [1.29, 1.82) is 0 Å². The molecule has 0 spiro atoms. The lowest BCUT2D eigenvalue weighted by Crippen LogP contribution is -1.99. The predicted octanol–water partition coefficient (Wildman–Crippen LogP) is 4.36. The highest BCUT2D eigenvalue weighted by molar-refractivity contribution is 7.98. The maximum atomic E-state index is 4.46. The molecule has 4 rings (SSSR count). The maximum Gasteiger partial charge on any atom is 0.196 e. The van der Waals surface area contributed by atoms with Crippen LogP contribution in [0.4, 0.5) is 0 Å². The minimum absolute atomic E-state index is 0.788. The molecule has 0 aliphatic carbocycles. The lowest BCUT2D eigenvalue weighted by molar-refractivity contribution is 0.867. The summed E-state index contributed by atoms with van der Waals surface area (Å²) in [7, 11) is 0. The van der Waals surface area contributed by atoms with Crippen LogP contribution in [0.5, 0.6) is 0 Å². The van der Waals surface area contributed by atoms with Crippen molar-refractivity contribution in [3.63, 3.8) is 0 Å². The summed E-state index contributed by atoms with van der Waals surface area (Å²) >= 11 is 1.67. The fraction of sp³-hybridized carbons (Fsp3) is 0.150. The molecule has 0 atom stereocenters. The second-order valence-corrected chi connectivity index (χ2v) is 7.06. The predicted molar refractivity (Wildman–Crippen MR) is 104 cm³/mol. The van der Waals surface area contributed by atoms with E-state index in [-0.39, 0.29) is 0 Å². The molecule has 0 aliphatic rings. The van der Waals surface area contributed by atoms with E-state index >= 15 is 0 Å². The Morgan fingerprint density at radius 3 is 2.54 bits per heavy atom. The SMILES string of the molecule is Cc1cccc(-n2c(C)nnc2SCc2cnn(-c3ccccc3)c2)c1. The van der Waals surface area contributed by atoms with Gasteiger partial charge < -0.3 is 0 Å². The van der Waals surface area contributed by atoms with E-state index in [1.165, 1.54) is 5.56 Å². The molecular formula is C20H19N5S. The molecule has 130 valence electrons. The smallest absolute Gasteiger partial charge is 0.196 e. The molecule has 0 radical (unpaired) electrons. The number of aryl methyl sites for hydroxylation is 2. The Labute approximate surface area is 156 Å². The quantitative estimate of drug-likeness (QED) is 0.496. The fourth-order valence-electron chi connectivity index (χ4n) is 2.81. The molecule has 26 heavy (non-hydrogen) atoms. The highest BCUT2D eigenvalue weighted by atomic mass is 32.2. The summed E-state index contributed by atoms with van der Waals surface area (Å²) < 4.78 is 3.99. The van der Waals surface area contributed by atoms with E-state index < -0.39 is 0 Å². The average Bonchev–Trinajstić information content (AvgIpc) is 3.27. The van der Waals surface area contributed by atoms with Gasteiger partial charge in [-0.05, 0) is 43.7 Å². The van der Waals surface area contributed by atoms with Crippen molar-refractivity contribution in [2.24, 2.45) is 0 Å². The Morgan fingerprint density at radius 1 is 0.923 bits per heavy atom. The molecule has 0 fully saturated rings. The molecule has 0 unspecified atom stereocenters. The minimum atomic E-state index is 0.788. The van der Waals surface area contributed by atoms with Gasteiger partial charge in [0.1, 0.15) is 5.82 Å². The Morgan fingerprint density at radius 2 is 1.73 bits per heavy atom. The van der Waals surface area contributed by atoms with Crippen LogP contribution in [0, 0.1) is 13.8 Å². The van der Waals surface area contributed by atoms with Crippen LogP contribution in [0.15, 0.2) is 72.1 Å². The molecule has 2 aromatic carbocycles. The molecule has 0 saturated heterocycles. The van der Waals surface area contributed by atoms with Crippen LogP contribution in [-0.2, 0) is 5.75 Å². The molecule has 6 heteroatoms. The molecular weight excluding hydrogens is 342 g/mol. The van der Waals surface area contributed by atoms with Crippen LogP contribution in [0.25, 0.3) is 11.4 Å². The topological polar surface area (TPSA) is 48.5 Å². The van der Waals surface area contributed by atoms with Crippen molar-refractivity contribution < 1.29 is 0 Å². The normalized spacial score (nSPS) is 11.0. The number of thioether (sulfide) groups is 1. The third kappa shape index (κ3) is 3.41. The van der Waals surface area contributed by atoms with Crippen LogP contribution in [0.2, 0.25) is 0 Å². The number of hydrogen-bond acceptors (Lipinski definition) is 4. The zero-order chi connectivity index (χ0) is 17.9. The second-order valence-electron chi connectivity index (χ2n) is 6.12. The van der Waals surface area contributed by atoms with Gasteiger partial charge in [0.25, 0.3) is 0 Å². The van der Waals surface area contributed by atoms with Gasteiger partial charge in [0.15, 0.2) is 5.16 Å². The third-order valence-corrected chi connectivity index (χ3v) is 5.08. The van der Waals surface area contributed by atoms with Gasteiger partial charge in [-0.15, -0.1) is 10.2 Å². The minimum Gasteiger partial charge on any atom is -0.274 e. The lowest BCUT2D eigenvalue weighted by atomic mass is 10.2. The maximum absolute atomic E-state index is 4.46. The van der Waals surface area contributed by atoms with Crippen molar-refractivity contribution in [1.82, 2.24) is 24.5 Å². The summed E-state index contributed by atoms with van der Waals surface area (Å²) in [6.07, 6.45) is 3.96. The zero-order valence-corrected chi connectivity index (χ0v) is 15.5. The van der Waals surface area contributed by atoms with Crippen molar-refractivity contribution in [3.8, 4) is 11.4 Å². The summed E-state index contributed by atoms with van der Waals surface area (Å²) in [5, 5.41) is 14.0. The summed E-state index contributed by atoms with van der Waals surface area (Å²) in [6.45, 7) is 4.07. The average molecular weight is 361 g/mol. The molecule has 0 aliphatic heterocycles. The number of rotatable bonds is 5. The fourth-order valence-corrected chi connectivity index (χ4v) is 3.72. The number of benzene rings is 2. The molecule has 2 heterocycles. The Kier molecular flexibility index (Phi) is 4.58. The highest BCUT2D eigenvalue weighted by Crippen LogP contribution is 2.25. The lowest BCUT2D eigenvalue weighted by Gasteiger charge is -2.08. The van der Waals surface area contributed by atoms with Crippen molar-refractivity contribution in [3.05, 3.63) is 83.9 Å². The summed E-state index contributed by atoms with van der Waals surface area (Å²) in [4.78, 5) is 0. The van der Waals surface area contributed by atoms with E-state index in [0.29, 0.717) is 0 Å². The van der Waals surface area contributed by atoms with Gasteiger partial charge in [0.05, 0.1) is 11.9 Å².